The maximum absolute atomic E-state index is 10.9. The van der Waals surface area contributed by atoms with Crippen LogP contribution in [0.25, 0.3) is 10.4 Å². The van der Waals surface area contributed by atoms with Gasteiger partial charge in [0.2, 0.25) is 0 Å². The second-order valence-electron chi connectivity index (χ2n) is 3.32. The number of hydrogen-bond acceptors (Lipinski definition) is 3. The second-order valence-corrected chi connectivity index (χ2v) is 5.98. The minimum Gasteiger partial charge on any atom is -0.477 e. The van der Waals surface area contributed by atoms with Crippen LogP contribution in [0.15, 0.2) is 24.3 Å². The molecule has 0 saturated carbocycles. The van der Waals surface area contributed by atoms with Crippen molar-refractivity contribution < 1.29 is 9.90 Å². The van der Waals surface area contributed by atoms with E-state index in [4.69, 9.17) is 22.4 Å². The van der Waals surface area contributed by atoms with Gasteiger partial charge in [-0.1, -0.05) is 11.6 Å². The Morgan fingerprint density at radius 1 is 1.41 bits per heavy atom. The molecule has 3 nitrogen and oxygen atoms in total. The number of benzene rings is 1. The zero-order valence-corrected chi connectivity index (χ0v) is 12.1. The first-order valence-electron chi connectivity index (χ1n) is 4.57. The first kappa shape index (κ1) is 12.7. The van der Waals surface area contributed by atoms with Gasteiger partial charge in [-0.2, -0.15) is 0 Å². The lowest BCUT2D eigenvalue weighted by Crippen LogP contribution is -1.96. The fraction of sp³-hybridized carbons (Fsp3) is 0. The summed E-state index contributed by atoms with van der Waals surface area (Å²) in [6.07, 6.45) is 0. The molecule has 0 amide bonds. The molecule has 1 aromatic carbocycles. The Hall–Kier alpha value is -0.790. The number of carboxylic acids is 1. The zero-order valence-electron chi connectivity index (χ0n) is 8.41. The van der Waals surface area contributed by atoms with Crippen molar-refractivity contribution in [1.82, 2.24) is 0 Å². The van der Waals surface area contributed by atoms with Gasteiger partial charge in [0.15, 0.2) is 0 Å². The molecular formula is C11H7ClINO2S. The van der Waals surface area contributed by atoms with Gasteiger partial charge in [0, 0.05) is 19.0 Å². The zero-order chi connectivity index (χ0) is 12.6. The number of thiophene rings is 1. The Morgan fingerprint density at radius 2 is 2.12 bits per heavy atom. The highest BCUT2D eigenvalue weighted by molar-refractivity contribution is 14.1. The number of nitrogen functional groups attached to an aromatic ring is 1. The van der Waals surface area contributed by atoms with Crippen LogP contribution in [0, 0.1) is 3.57 Å². The summed E-state index contributed by atoms with van der Waals surface area (Å²) in [5.41, 5.74) is 6.85. The molecule has 1 aromatic heterocycles. The molecule has 0 aliphatic heterocycles. The molecule has 3 N–H and O–H groups in total. The van der Waals surface area contributed by atoms with Gasteiger partial charge in [0.1, 0.15) is 4.88 Å². The summed E-state index contributed by atoms with van der Waals surface area (Å²) in [5.74, 6) is -1.00. The van der Waals surface area contributed by atoms with E-state index in [1.807, 2.05) is 6.07 Å². The van der Waals surface area contributed by atoms with Crippen LogP contribution < -0.4 is 5.73 Å². The molecule has 1 heterocycles. The van der Waals surface area contributed by atoms with E-state index in [9.17, 15) is 4.79 Å². The molecular weight excluding hydrogens is 373 g/mol. The first-order chi connectivity index (χ1) is 7.99. The van der Waals surface area contributed by atoms with Gasteiger partial charge in [0.25, 0.3) is 0 Å². The lowest BCUT2D eigenvalue weighted by atomic mass is 10.2. The van der Waals surface area contributed by atoms with E-state index in [0.29, 0.717) is 5.02 Å². The van der Waals surface area contributed by atoms with Crippen LogP contribution in [0.3, 0.4) is 0 Å². The van der Waals surface area contributed by atoms with Crippen LogP contribution in [0.5, 0.6) is 0 Å². The standard InChI is InChI=1S/C11H7ClINO2S/c12-5-1-2-7(13)6(3-5)9-4-8(14)10(17-9)11(15)16/h1-4H,14H2,(H,15,16). The van der Waals surface area contributed by atoms with Crippen LogP contribution >= 0.6 is 45.5 Å². The molecule has 0 fully saturated rings. The van der Waals surface area contributed by atoms with E-state index >= 15 is 0 Å². The molecule has 0 atom stereocenters. The number of carboxylic acid groups (broad SMARTS) is 1. The third-order valence-corrected chi connectivity index (χ3v) is 4.50. The average Bonchev–Trinajstić information content (AvgIpc) is 2.64. The van der Waals surface area contributed by atoms with Gasteiger partial charge in [0.05, 0.1) is 5.69 Å². The van der Waals surface area contributed by atoms with E-state index in [-0.39, 0.29) is 10.6 Å². The fourth-order valence-corrected chi connectivity index (χ4v) is 3.32. The van der Waals surface area contributed by atoms with Gasteiger partial charge >= 0.3 is 5.97 Å². The number of carbonyl (C=O) groups is 1. The maximum atomic E-state index is 10.9. The monoisotopic (exact) mass is 379 g/mol. The molecule has 88 valence electrons. The highest BCUT2D eigenvalue weighted by Crippen LogP contribution is 2.36. The third kappa shape index (κ3) is 2.56. The summed E-state index contributed by atoms with van der Waals surface area (Å²) in [7, 11) is 0. The van der Waals surface area contributed by atoms with Crippen LogP contribution in [0.2, 0.25) is 5.02 Å². The smallest absolute Gasteiger partial charge is 0.348 e. The molecule has 0 radical (unpaired) electrons. The minimum absolute atomic E-state index is 0.163. The molecule has 2 aromatic rings. The van der Waals surface area contributed by atoms with Gasteiger partial charge in [-0.05, 0) is 46.9 Å². The van der Waals surface area contributed by atoms with Crippen LogP contribution in [-0.2, 0) is 0 Å². The molecule has 0 unspecified atom stereocenters. The van der Waals surface area contributed by atoms with Crippen molar-refractivity contribution in [3.63, 3.8) is 0 Å². The van der Waals surface area contributed by atoms with Gasteiger partial charge < -0.3 is 10.8 Å². The predicted molar refractivity (Wildman–Crippen MR) is 78.9 cm³/mol. The van der Waals surface area contributed by atoms with E-state index in [1.165, 1.54) is 0 Å². The SMILES string of the molecule is Nc1cc(-c2cc(Cl)ccc2I)sc1C(=O)O. The van der Waals surface area contributed by atoms with Crippen molar-refractivity contribution in [2.75, 3.05) is 5.73 Å². The number of anilines is 1. The largest absolute Gasteiger partial charge is 0.477 e. The number of hydrogen-bond donors (Lipinski definition) is 2. The molecule has 0 spiro atoms. The van der Waals surface area contributed by atoms with Crippen LogP contribution in [-0.4, -0.2) is 11.1 Å². The third-order valence-electron chi connectivity index (χ3n) is 2.15. The van der Waals surface area contributed by atoms with Gasteiger partial charge in [-0.25, -0.2) is 4.79 Å². The summed E-state index contributed by atoms with van der Waals surface area (Å²) in [6, 6.07) is 7.15. The lowest BCUT2D eigenvalue weighted by molar-refractivity contribution is 0.0703. The van der Waals surface area contributed by atoms with Crippen molar-refractivity contribution in [1.29, 1.82) is 0 Å². The van der Waals surface area contributed by atoms with Crippen molar-refractivity contribution in [3.05, 3.63) is 37.7 Å². The first-order valence-corrected chi connectivity index (χ1v) is 6.84. The van der Waals surface area contributed by atoms with Crippen LogP contribution in [0.1, 0.15) is 9.67 Å². The van der Waals surface area contributed by atoms with Crippen LogP contribution in [0.4, 0.5) is 5.69 Å². The number of nitrogens with two attached hydrogens (primary N) is 1. The van der Waals surface area contributed by atoms with E-state index in [1.54, 1.807) is 18.2 Å². The summed E-state index contributed by atoms with van der Waals surface area (Å²) in [5, 5.41) is 9.57. The van der Waals surface area contributed by atoms with Gasteiger partial charge in [-0.3, -0.25) is 0 Å². The van der Waals surface area contributed by atoms with Crippen molar-refractivity contribution in [2.45, 2.75) is 0 Å². The Balaban J connectivity index is 2.57. The Morgan fingerprint density at radius 3 is 2.71 bits per heavy atom. The quantitative estimate of drug-likeness (QED) is 0.777. The van der Waals surface area contributed by atoms with E-state index < -0.39 is 5.97 Å². The molecule has 17 heavy (non-hydrogen) atoms. The highest BCUT2D eigenvalue weighted by atomic mass is 127. The Labute approximate surface area is 120 Å². The van der Waals surface area contributed by atoms with E-state index in [2.05, 4.69) is 22.6 Å². The molecule has 0 aliphatic rings. The lowest BCUT2D eigenvalue weighted by Gasteiger charge is -2.01. The van der Waals surface area contributed by atoms with Gasteiger partial charge in [-0.15, -0.1) is 11.3 Å². The average molecular weight is 380 g/mol. The molecule has 2 rings (SSSR count). The molecule has 0 bridgehead atoms. The summed E-state index contributed by atoms with van der Waals surface area (Å²) >= 11 is 9.26. The van der Waals surface area contributed by atoms with Crippen molar-refractivity contribution in [2.24, 2.45) is 0 Å². The molecule has 0 aliphatic carbocycles. The summed E-state index contributed by atoms with van der Waals surface area (Å²) in [6.45, 7) is 0. The number of rotatable bonds is 2. The summed E-state index contributed by atoms with van der Waals surface area (Å²) in [4.78, 5) is 11.9. The molecule has 0 saturated heterocycles. The highest BCUT2D eigenvalue weighted by Gasteiger charge is 2.15. The normalized spacial score (nSPS) is 10.5. The summed E-state index contributed by atoms with van der Waals surface area (Å²) < 4.78 is 1.00. The maximum Gasteiger partial charge on any atom is 0.348 e. The Kier molecular flexibility index (Phi) is 3.60. The fourth-order valence-electron chi connectivity index (χ4n) is 1.39. The topological polar surface area (TPSA) is 63.3 Å². The van der Waals surface area contributed by atoms with Crippen molar-refractivity contribution in [3.8, 4) is 10.4 Å². The number of halogens is 2. The minimum atomic E-state index is -1.00. The Bertz CT molecular complexity index is 597. The van der Waals surface area contributed by atoms with Crippen molar-refractivity contribution >= 4 is 57.2 Å². The molecule has 6 heteroatoms. The second kappa shape index (κ2) is 4.83. The predicted octanol–water partition coefficient (Wildman–Crippen LogP) is 3.95. The number of aromatic carboxylic acids is 1. The van der Waals surface area contributed by atoms with E-state index in [0.717, 1.165) is 25.3 Å².